The van der Waals surface area contributed by atoms with Crippen molar-refractivity contribution in [3.8, 4) is 0 Å². The Hall–Kier alpha value is -4.18. The van der Waals surface area contributed by atoms with Gasteiger partial charge >= 0.3 is 11.9 Å². The number of nitrogens with one attached hydrogen (secondary N) is 1. The summed E-state index contributed by atoms with van der Waals surface area (Å²) in [6.07, 6.45) is 2.68. The van der Waals surface area contributed by atoms with Gasteiger partial charge < -0.3 is 20.5 Å². The number of ether oxygens (including phenoxy) is 2. The molecule has 10 nitrogen and oxygen atoms in total. The predicted octanol–water partition coefficient (Wildman–Crippen LogP) is 4.66. The number of rotatable bonds is 9. The first-order chi connectivity index (χ1) is 19.6. The van der Waals surface area contributed by atoms with Crippen LogP contribution < -0.4 is 11.1 Å². The molecule has 1 fully saturated rings. The van der Waals surface area contributed by atoms with Crippen molar-refractivity contribution in [1.29, 1.82) is 0 Å². The van der Waals surface area contributed by atoms with Gasteiger partial charge in [0.2, 0.25) is 0 Å². The Morgan fingerprint density at radius 1 is 1.07 bits per heavy atom. The fourth-order valence-electron chi connectivity index (χ4n) is 5.69. The molecule has 0 spiro atoms. The lowest BCUT2D eigenvalue weighted by Crippen LogP contribution is -2.46. The molecule has 0 amide bonds. The van der Waals surface area contributed by atoms with Gasteiger partial charge in [-0.05, 0) is 58.2 Å². The Bertz CT molecular complexity index is 1350. The smallest absolute Gasteiger partial charge is 0.339 e. The Morgan fingerprint density at radius 2 is 1.78 bits per heavy atom. The summed E-state index contributed by atoms with van der Waals surface area (Å²) in [5, 5.41) is 14.5. The summed E-state index contributed by atoms with van der Waals surface area (Å²) >= 11 is 0. The average Bonchev–Trinajstić information content (AvgIpc) is 2.93. The summed E-state index contributed by atoms with van der Waals surface area (Å²) in [5.41, 5.74) is 8.34. The summed E-state index contributed by atoms with van der Waals surface area (Å²) in [4.78, 5) is 40.6. The van der Waals surface area contributed by atoms with Crippen LogP contribution in [0.3, 0.4) is 0 Å². The molecule has 2 aromatic carbocycles. The van der Waals surface area contributed by atoms with Gasteiger partial charge in [0.05, 0.1) is 28.1 Å². The molecule has 0 aromatic heterocycles. The lowest BCUT2D eigenvalue weighted by molar-refractivity contribution is -0.384. The molecule has 41 heavy (non-hydrogen) atoms. The van der Waals surface area contributed by atoms with E-state index < -0.39 is 35.0 Å². The Kier molecular flexibility index (Phi) is 9.44. The Morgan fingerprint density at radius 3 is 2.46 bits per heavy atom. The van der Waals surface area contributed by atoms with E-state index >= 15 is 0 Å². The van der Waals surface area contributed by atoms with E-state index in [0.29, 0.717) is 24.2 Å². The number of allylic oxidation sites excluding steroid dienone is 1. The van der Waals surface area contributed by atoms with Crippen molar-refractivity contribution in [2.24, 2.45) is 5.73 Å². The summed E-state index contributed by atoms with van der Waals surface area (Å²) in [6, 6.07) is 16.0. The number of nitrogens with zero attached hydrogens (tertiary/aromatic N) is 2. The van der Waals surface area contributed by atoms with Gasteiger partial charge in [-0.25, -0.2) is 9.59 Å². The Balaban J connectivity index is 1.68. The van der Waals surface area contributed by atoms with Crippen LogP contribution in [0.4, 0.5) is 5.69 Å². The highest BCUT2D eigenvalue weighted by atomic mass is 16.6. The second kappa shape index (κ2) is 13.0. The van der Waals surface area contributed by atoms with E-state index in [4.69, 9.17) is 15.2 Å². The van der Waals surface area contributed by atoms with Gasteiger partial charge in [0, 0.05) is 30.4 Å². The number of dihydropyridines is 1. The van der Waals surface area contributed by atoms with Crippen molar-refractivity contribution in [1.82, 2.24) is 10.2 Å². The summed E-state index contributed by atoms with van der Waals surface area (Å²) in [6.45, 7) is 5.81. The molecule has 0 saturated heterocycles. The molecule has 0 radical (unpaired) electrons. The van der Waals surface area contributed by atoms with Gasteiger partial charge in [-0.1, -0.05) is 48.9 Å². The van der Waals surface area contributed by atoms with E-state index in [1.165, 1.54) is 18.2 Å². The number of non-ortho nitro benzene ring substituents is 1. The quantitative estimate of drug-likeness (QED) is 0.254. The van der Waals surface area contributed by atoms with Crippen LogP contribution in [-0.4, -0.2) is 47.1 Å². The fraction of sp³-hybridized carbons (Fsp3) is 0.419. The molecule has 218 valence electrons. The Labute approximate surface area is 240 Å². The molecular weight excluding hydrogens is 524 g/mol. The lowest BCUT2D eigenvalue weighted by Gasteiger charge is -2.38. The maximum atomic E-state index is 14.0. The molecule has 3 N–H and O–H groups in total. The fourth-order valence-corrected chi connectivity index (χ4v) is 5.69. The van der Waals surface area contributed by atoms with Crippen LogP contribution in [0.25, 0.3) is 0 Å². The molecule has 0 bridgehead atoms. The van der Waals surface area contributed by atoms with E-state index in [9.17, 15) is 19.7 Å². The first-order valence-corrected chi connectivity index (χ1v) is 13.9. The van der Waals surface area contributed by atoms with Crippen LogP contribution in [0, 0.1) is 10.1 Å². The van der Waals surface area contributed by atoms with E-state index in [-0.39, 0.29) is 28.7 Å². The van der Waals surface area contributed by atoms with Gasteiger partial charge in [0.25, 0.3) is 5.69 Å². The maximum Gasteiger partial charge on any atom is 0.339 e. The summed E-state index contributed by atoms with van der Waals surface area (Å²) < 4.78 is 11.7. The van der Waals surface area contributed by atoms with Crippen molar-refractivity contribution >= 4 is 17.6 Å². The van der Waals surface area contributed by atoms with Crippen molar-refractivity contribution in [2.75, 3.05) is 7.05 Å². The number of carbonyl (C=O) groups is 2. The van der Waals surface area contributed by atoms with Crippen LogP contribution in [0.1, 0.15) is 63.5 Å². The van der Waals surface area contributed by atoms with Crippen molar-refractivity contribution in [3.63, 3.8) is 0 Å². The highest BCUT2D eigenvalue weighted by Gasteiger charge is 2.41. The van der Waals surface area contributed by atoms with E-state index in [0.717, 1.165) is 24.8 Å². The minimum absolute atomic E-state index is 0.00908. The van der Waals surface area contributed by atoms with Crippen LogP contribution >= 0.6 is 0 Å². The van der Waals surface area contributed by atoms with Gasteiger partial charge in [0.1, 0.15) is 11.9 Å². The van der Waals surface area contributed by atoms with E-state index in [2.05, 4.69) is 22.3 Å². The highest BCUT2D eigenvalue weighted by molar-refractivity contribution is 6.00. The lowest BCUT2D eigenvalue weighted by atomic mass is 9.81. The predicted molar refractivity (Wildman–Crippen MR) is 154 cm³/mol. The molecule has 2 aromatic rings. The zero-order valence-corrected chi connectivity index (χ0v) is 24.0. The zero-order chi connectivity index (χ0) is 29.7. The molecule has 1 aliphatic heterocycles. The van der Waals surface area contributed by atoms with Crippen molar-refractivity contribution in [2.45, 2.75) is 77.2 Å². The van der Waals surface area contributed by atoms with Gasteiger partial charge in [0.15, 0.2) is 0 Å². The minimum Gasteiger partial charge on any atom is -0.460 e. The molecule has 10 heteroatoms. The van der Waals surface area contributed by atoms with E-state index in [1.54, 1.807) is 26.8 Å². The zero-order valence-electron chi connectivity index (χ0n) is 24.0. The van der Waals surface area contributed by atoms with Crippen LogP contribution in [0.5, 0.6) is 0 Å². The van der Waals surface area contributed by atoms with Crippen LogP contribution in [0.15, 0.2) is 77.3 Å². The number of nitrogens with two attached hydrogens (primary N) is 1. The average molecular weight is 563 g/mol. The SMILES string of the molecule is CC1=C(C(=O)OC(C)C)C(c2cccc([N+](=O)[O-])c2)C(C(=O)OC2CCCCC2N(C)Cc2ccccc2)=C(N)N1. The standard InChI is InChI=1S/C31H38N4O6/c1-19(2)40-30(36)26-20(3)33-29(32)28(27(26)22-13-10-14-23(17-22)35(38)39)31(37)41-25-16-9-8-15-24(25)34(4)18-21-11-6-5-7-12-21/h5-7,10-14,17,19,24-25,27,33H,8-9,15-16,18,32H2,1-4H3. The number of nitro groups is 1. The number of esters is 2. The van der Waals surface area contributed by atoms with Crippen molar-refractivity contribution < 1.29 is 24.0 Å². The molecule has 4 rings (SSSR count). The monoisotopic (exact) mass is 562 g/mol. The van der Waals surface area contributed by atoms with Gasteiger partial charge in [-0.15, -0.1) is 0 Å². The second-order valence-corrected chi connectivity index (χ2v) is 10.9. The molecular formula is C31H38N4O6. The molecule has 3 atom stereocenters. The molecule has 1 aliphatic carbocycles. The molecule has 3 unspecified atom stereocenters. The molecule has 1 saturated carbocycles. The van der Waals surface area contributed by atoms with Gasteiger partial charge in [-0.2, -0.15) is 0 Å². The minimum atomic E-state index is -1.01. The number of nitro benzene ring substituents is 1. The first-order valence-electron chi connectivity index (χ1n) is 13.9. The van der Waals surface area contributed by atoms with Crippen LogP contribution in [-0.2, 0) is 25.6 Å². The third-order valence-electron chi connectivity index (χ3n) is 7.56. The van der Waals surface area contributed by atoms with Gasteiger partial charge in [-0.3, -0.25) is 15.0 Å². The third-order valence-corrected chi connectivity index (χ3v) is 7.56. The van der Waals surface area contributed by atoms with Crippen molar-refractivity contribution in [3.05, 3.63) is 98.5 Å². The third kappa shape index (κ3) is 6.94. The highest BCUT2D eigenvalue weighted by Crippen LogP contribution is 2.40. The van der Waals surface area contributed by atoms with E-state index in [1.807, 2.05) is 25.2 Å². The largest absolute Gasteiger partial charge is 0.460 e. The number of hydrogen-bond acceptors (Lipinski definition) is 9. The summed E-state index contributed by atoms with van der Waals surface area (Å²) in [5.74, 6) is -2.29. The summed E-state index contributed by atoms with van der Waals surface area (Å²) in [7, 11) is 2.03. The number of hydrogen-bond donors (Lipinski definition) is 2. The normalized spacial score (nSPS) is 21.1. The maximum absolute atomic E-state index is 14.0. The number of carbonyl (C=O) groups excluding carboxylic acids is 2. The van der Waals surface area contributed by atoms with Crippen LogP contribution in [0.2, 0.25) is 0 Å². The number of likely N-dealkylation sites (N-methyl/N-ethyl adjacent to an activating group) is 1. The second-order valence-electron chi connectivity index (χ2n) is 10.9. The molecule has 2 aliphatic rings. The number of benzene rings is 2. The first kappa shape index (κ1) is 29.8. The topological polar surface area (TPSA) is 137 Å². The molecule has 1 heterocycles.